The Hall–Kier alpha value is -1.95. The molecule has 0 fully saturated rings. The summed E-state index contributed by atoms with van der Waals surface area (Å²) in [6, 6.07) is 14.6. The van der Waals surface area contributed by atoms with Crippen LogP contribution >= 0.6 is 11.6 Å². The van der Waals surface area contributed by atoms with E-state index in [-0.39, 0.29) is 0 Å². The maximum atomic E-state index is 9.08. The number of aliphatic hydroxyl groups excluding tert-OH is 1. The number of hydrogen-bond acceptors (Lipinski definition) is 2. The average molecular weight is 273 g/mol. The van der Waals surface area contributed by atoms with Crippen molar-refractivity contribution in [3.8, 4) is 23.3 Å². The normalized spacial score (nSPS) is 11.3. The maximum Gasteiger partial charge on any atom is 0.128 e. The summed E-state index contributed by atoms with van der Waals surface area (Å²) in [7, 11) is 0. The first kappa shape index (κ1) is 13.5. The second kappa shape index (κ2) is 6.29. The summed E-state index contributed by atoms with van der Waals surface area (Å²) < 4.78 is 5.66. The molecule has 2 nitrogen and oxygen atoms in total. The average Bonchev–Trinajstić information content (AvgIpc) is 2.38. The van der Waals surface area contributed by atoms with Crippen LogP contribution in [0.4, 0.5) is 0 Å². The minimum Gasteiger partial charge on any atom is -0.457 e. The molecule has 1 unspecified atom stereocenters. The Balaban J connectivity index is 2.09. The summed E-state index contributed by atoms with van der Waals surface area (Å²) in [5.41, 5.74) is 0.833. The summed E-state index contributed by atoms with van der Waals surface area (Å²) in [6.45, 7) is 1.63. The summed E-state index contributed by atoms with van der Waals surface area (Å²) >= 11 is 5.89. The van der Waals surface area contributed by atoms with Gasteiger partial charge in [0.1, 0.15) is 17.6 Å². The first-order valence-electron chi connectivity index (χ1n) is 5.86. The smallest absolute Gasteiger partial charge is 0.128 e. The number of halogens is 1. The van der Waals surface area contributed by atoms with E-state index in [9.17, 15) is 0 Å². The monoisotopic (exact) mass is 272 g/mol. The summed E-state index contributed by atoms with van der Waals surface area (Å²) in [5.74, 6) is 6.96. The van der Waals surface area contributed by atoms with Crippen molar-refractivity contribution in [1.29, 1.82) is 0 Å². The zero-order valence-electron chi connectivity index (χ0n) is 10.4. The quantitative estimate of drug-likeness (QED) is 0.841. The van der Waals surface area contributed by atoms with Gasteiger partial charge in [-0.3, -0.25) is 0 Å². The van der Waals surface area contributed by atoms with Gasteiger partial charge in [-0.25, -0.2) is 0 Å². The van der Waals surface area contributed by atoms with Crippen LogP contribution in [-0.4, -0.2) is 11.2 Å². The standard InChI is InChI=1S/C16H13ClO2/c1-12(18)5-6-13-7-9-15(10-8-13)19-16-4-2-3-14(17)11-16/h2-4,7-12,18H,1H3. The molecule has 0 spiro atoms. The van der Waals surface area contributed by atoms with Crippen molar-refractivity contribution in [2.45, 2.75) is 13.0 Å². The lowest BCUT2D eigenvalue weighted by Crippen LogP contribution is -1.92. The van der Waals surface area contributed by atoms with Crippen LogP contribution < -0.4 is 4.74 Å². The Labute approximate surface area is 117 Å². The van der Waals surface area contributed by atoms with Crippen LogP contribution in [-0.2, 0) is 0 Å². The third kappa shape index (κ3) is 4.33. The molecule has 3 heteroatoms. The highest BCUT2D eigenvalue weighted by atomic mass is 35.5. The van der Waals surface area contributed by atoms with Crippen molar-refractivity contribution < 1.29 is 9.84 Å². The van der Waals surface area contributed by atoms with E-state index in [1.165, 1.54) is 0 Å². The van der Waals surface area contributed by atoms with E-state index in [1.807, 2.05) is 36.4 Å². The largest absolute Gasteiger partial charge is 0.457 e. The Morgan fingerprint density at radius 1 is 1.11 bits per heavy atom. The van der Waals surface area contributed by atoms with Gasteiger partial charge in [0.15, 0.2) is 0 Å². The molecule has 2 aromatic carbocycles. The van der Waals surface area contributed by atoms with E-state index in [2.05, 4.69) is 11.8 Å². The van der Waals surface area contributed by atoms with Crippen molar-refractivity contribution in [1.82, 2.24) is 0 Å². The SMILES string of the molecule is CC(O)C#Cc1ccc(Oc2cccc(Cl)c2)cc1. The number of aliphatic hydroxyl groups is 1. The number of rotatable bonds is 2. The van der Waals surface area contributed by atoms with Gasteiger partial charge in [-0.1, -0.05) is 29.5 Å². The fourth-order valence-corrected chi connectivity index (χ4v) is 1.64. The van der Waals surface area contributed by atoms with Gasteiger partial charge in [-0.15, -0.1) is 0 Å². The third-order valence-corrected chi connectivity index (χ3v) is 2.55. The minimum absolute atomic E-state index is 0.623. The molecule has 2 aromatic rings. The summed E-state index contributed by atoms with van der Waals surface area (Å²) in [5, 5.41) is 9.71. The molecule has 0 aliphatic carbocycles. The van der Waals surface area contributed by atoms with Crippen molar-refractivity contribution in [2.75, 3.05) is 0 Å². The van der Waals surface area contributed by atoms with Crippen LogP contribution in [0, 0.1) is 11.8 Å². The van der Waals surface area contributed by atoms with Crippen molar-refractivity contribution in [3.63, 3.8) is 0 Å². The third-order valence-electron chi connectivity index (χ3n) is 2.31. The fraction of sp³-hybridized carbons (Fsp3) is 0.125. The molecule has 0 bridgehead atoms. The number of hydrogen-bond donors (Lipinski definition) is 1. The predicted octanol–water partition coefficient (Wildman–Crippen LogP) is 3.86. The molecule has 0 heterocycles. The molecule has 19 heavy (non-hydrogen) atoms. The van der Waals surface area contributed by atoms with Crippen molar-refractivity contribution in [2.24, 2.45) is 0 Å². The fourth-order valence-electron chi connectivity index (χ4n) is 1.46. The molecule has 0 aliphatic rings. The highest BCUT2D eigenvalue weighted by Gasteiger charge is 1.98. The number of ether oxygens (including phenoxy) is 1. The summed E-state index contributed by atoms with van der Waals surface area (Å²) in [4.78, 5) is 0. The van der Waals surface area contributed by atoms with Gasteiger partial charge in [-0.2, -0.15) is 0 Å². The molecule has 0 amide bonds. The zero-order chi connectivity index (χ0) is 13.7. The predicted molar refractivity (Wildman–Crippen MR) is 76.5 cm³/mol. The van der Waals surface area contributed by atoms with Gasteiger partial charge in [0.2, 0.25) is 0 Å². The molecule has 96 valence electrons. The van der Waals surface area contributed by atoms with Crippen molar-refractivity contribution in [3.05, 3.63) is 59.1 Å². The van der Waals surface area contributed by atoms with Gasteiger partial charge in [-0.05, 0) is 49.4 Å². The lowest BCUT2D eigenvalue weighted by atomic mass is 10.2. The van der Waals surface area contributed by atoms with Gasteiger partial charge in [0.05, 0.1) is 0 Å². The Bertz CT molecular complexity index is 607. The first-order valence-corrected chi connectivity index (χ1v) is 6.24. The second-order valence-electron chi connectivity index (χ2n) is 4.03. The van der Waals surface area contributed by atoms with Crippen LogP contribution in [0.1, 0.15) is 12.5 Å². The number of benzene rings is 2. The van der Waals surface area contributed by atoms with E-state index < -0.39 is 6.10 Å². The Morgan fingerprint density at radius 3 is 2.47 bits per heavy atom. The second-order valence-corrected chi connectivity index (χ2v) is 4.47. The van der Waals surface area contributed by atoms with Gasteiger partial charge in [0.25, 0.3) is 0 Å². The van der Waals surface area contributed by atoms with Crippen LogP contribution in [0.5, 0.6) is 11.5 Å². The lowest BCUT2D eigenvalue weighted by molar-refractivity contribution is 0.253. The zero-order valence-corrected chi connectivity index (χ0v) is 11.2. The molecule has 0 aliphatic heterocycles. The molecule has 1 atom stereocenters. The van der Waals surface area contributed by atoms with E-state index in [1.54, 1.807) is 19.1 Å². The Kier molecular flexibility index (Phi) is 4.46. The highest BCUT2D eigenvalue weighted by molar-refractivity contribution is 6.30. The maximum absolute atomic E-state index is 9.08. The van der Waals surface area contributed by atoms with E-state index in [4.69, 9.17) is 21.4 Å². The van der Waals surface area contributed by atoms with Crippen molar-refractivity contribution >= 4 is 11.6 Å². The van der Waals surface area contributed by atoms with Crippen LogP contribution in [0.2, 0.25) is 5.02 Å². The van der Waals surface area contributed by atoms with Crippen LogP contribution in [0.25, 0.3) is 0 Å². The lowest BCUT2D eigenvalue weighted by Gasteiger charge is -2.05. The van der Waals surface area contributed by atoms with Gasteiger partial charge in [0, 0.05) is 10.6 Å². The van der Waals surface area contributed by atoms with E-state index in [0.29, 0.717) is 16.5 Å². The Morgan fingerprint density at radius 2 is 1.84 bits per heavy atom. The van der Waals surface area contributed by atoms with Gasteiger partial charge < -0.3 is 9.84 Å². The molecular formula is C16H13ClO2. The molecule has 0 saturated heterocycles. The molecule has 1 N–H and O–H groups in total. The molecule has 0 radical (unpaired) electrons. The van der Waals surface area contributed by atoms with Crippen LogP contribution in [0.3, 0.4) is 0 Å². The highest BCUT2D eigenvalue weighted by Crippen LogP contribution is 2.24. The minimum atomic E-state index is -0.623. The van der Waals surface area contributed by atoms with E-state index in [0.717, 1.165) is 5.56 Å². The summed E-state index contributed by atoms with van der Waals surface area (Å²) in [6.07, 6.45) is -0.623. The topological polar surface area (TPSA) is 29.5 Å². The van der Waals surface area contributed by atoms with E-state index >= 15 is 0 Å². The van der Waals surface area contributed by atoms with Gasteiger partial charge >= 0.3 is 0 Å². The first-order chi connectivity index (χ1) is 9.13. The molecule has 2 rings (SSSR count). The van der Waals surface area contributed by atoms with Crippen LogP contribution in [0.15, 0.2) is 48.5 Å². The molecular weight excluding hydrogens is 260 g/mol. The molecule has 0 aromatic heterocycles. The molecule has 0 saturated carbocycles.